The third-order valence-electron chi connectivity index (χ3n) is 3.13. The highest BCUT2D eigenvalue weighted by molar-refractivity contribution is 5.78. The maximum Gasteiger partial charge on any atom is 0.234 e. The van der Waals surface area contributed by atoms with Crippen LogP contribution in [-0.2, 0) is 4.79 Å². The molecule has 0 radical (unpaired) electrons. The first kappa shape index (κ1) is 15.7. The quantitative estimate of drug-likeness (QED) is 0.793. The van der Waals surface area contributed by atoms with Crippen molar-refractivity contribution < 1.29 is 4.79 Å². The second-order valence-corrected chi connectivity index (χ2v) is 5.61. The minimum Gasteiger partial charge on any atom is -0.353 e. The lowest BCUT2D eigenvalue weighted by Gasteiger charge is -2.22. The van der Waals surface area contributed by atoms with Gasteiger partial charge < -0.3 is 10.6 Å². The summed E-state index contributed by atoms with van der Waals surface area (Å²) in [6.07, 6.45) is 0. The van der Waals surface area contributed by atoms with Gasteiger partial charge >= 0.3 is 0 Å². The lowest BCUT2D eigenvalue weighted by molar-refractivity contribution is -0.120. The number of carbonyl (C=O) groups excluding carboxylic acids is 1. The number of hydrogen-bond donors (Lipinski definition) is 2. The van der Waals surface area contributed by atoms with Gasteiger partial charge in [-0.3, -0.25) is 4.79 Å². The molecule has 0 saturated carbocycles. The summed E-state index contributed by atoms with van der Waals surface area (Å²) in [5.74, 6) is 1.04. The molecule has 2 N–H and O–H groups in total. The Hall–Kier alpha value is -1.35. The number of benzene rings is 1. The van der Waals surface area contributed by atoms with Gasteiger partial charge in [0, 0.05) is 12.6 Å². The zero-order chi connectivity index (χ0) is 14.3. The summed E-state index contributed by atoms with van der Waals surface area (Å²) >= 11 is 0. The molecular formula is C16H26N2O. The number of amides is 1. The van der Waals surface area contributed by atoms with Gasteiger partial charge in [0.25, 0.3) is 0 Å². The van der Waals surface area contributed by atoms with Crippen molar-refractivity contribution in [1.29, 1.82) is 0 Å². The van der Waals surface area contributed by atoms with Gasteiger partial charge in [-0.15, -0.1) is 0 Å². The van der Waals surface area contributed by atoms with E-state index in [4.69, 9.17) is 0 Å². The van der Waals surface area contributed by atoms with E-state index in [1.54, 1.807) is 0 Å². The molecule has 3 nitrogen and oxygen atoms in total. The first-order valence-corrected chi connectivity index (χ1v) is 7.05. The molecule has 0 aliphatic heterocycles. The Morgan fingerprint density at radius 1 is 1.11 bits per heavy atom. The lowest BCUT2D eigenvalue weighted by Crippen LogP contribution is -2.39. The second-order valence-electron chi connectivity index (χ2n) is 5.61. The predicted octanol–water partition coefficient (Wildman–Crippen LogP) is 2.54. The summed E-state index contributed by atoms with van der Waals surface area (Å²) in [7, 11) is 0. The molecule has 106 valence electrons. The van der Waals surface area contributed by atoms with Crippen LogP contribution in [0.5, 0.6) is 0 Å². The van der Waals surface area contributed by atoms with Crippen LogP contribution in [0, 0.1) is 5.92 Å². The molecule has 0 aromatic heterocycles. The summed E-state index contributed by atoms with van der Waals surface area (Å²) in [4.78, 5) is 11.6. The SMILES string of the molecule is CC(C)NC(=O)CNCC(c1ccccc1)C(C)C. The van der Waals surface area contributed by atoms with Gasteiger partial charge in [-0.1, -0.05) is 44.2 Å². The Morgan fingerprint density at radius 3 is 2.26 bits per heavy atom. The zero-order valence-electron chi connectivity index (χ0n) is 12.4. The van der Waals surface area contributed by atoms with Gasteiger partial charge in [0.15, 0.2) is 0 Å². The Kier molecular flexibility index (Phi) is 6.57. The number of nitrogens with one attached hydrogen (secondary N) is 2. The fourth-order valence-corrected chi connectivity index (χ4v) is 2.15. The predicted molar refractivity (Wildman–Crippen MR) is 80.2 cm³/mol. The van der Waals surface area contributed by atoms with Crippen molar-refractivity contribution in [2.75, 3.05) is 13.1 Å². The average Bonchev–Trinajstić information content (AvgIpc) is 2.34. The minimum atomic E-state index is 0.0607. The maximum atomic E-state index is 11.6. The van der Waals surface area contributed by atoms with E-state index in [1.165, 1.54) is 5.56 Å². The van der Waals surface area contributed by atoms with Crippen LogP contribution in [0.2, 0.25) is 0 Å². The molecular weight excluding hydrogens is 236 g/mol. The van der Waals surface area contributed by atoms with Gasteiger partial charge in [-0.25, -0.2) is 0 Å². The first-order valence-electron chi connectivity index (χ1n) is 7.05. The average molecular weight is 262 g/mol. The van der Waals surface area contributed by atoms with Crippen LogP contribution in [0.4, 0.5) is 0 Å². The van der Waals surface area contributed by atoms with Crippen molar-refractivity contribution in [1.82, 2.24) is 10.6 Å². The lowest BCUT2D eigenvalue weighted by atomic mass is 9.88. The van der Waals surface area contributed by atoms with Gasteiger partial charge in [0.2, 0.25) is 5.91 Å². The molecule has 0 fully saturated rings. The van der Waals surface area contributed by atoms with Crippen LogP contribution in [0.3, 0.4) is 0 Å². The monoisotopic (exact) mass is 262 g/mol. The van der Waals surface area contributed by atoms with E-state index in [0.29, 0.717) is 18.4 Å². The minimum absolute atomic E-state index is 0.0607. The molecule has 1 aromatic carbocycles. The van der Waals surface area contributed by atoms with E-state index in [-0.39, 0.29) is 11.9 Å². The van der Waals surface area contributed by atoms with Crippen molar-refractivity contribution in [2.24, 2.45) is 5.92 Å². The van der Waals surface area contributed by atoms with E-state index in [2.05, 4.69) is 48.7 Å². The van der Waals surface area contributed by atoms with Crippen molar-refractivity contribution >= 4 is 5.91 Å². The van der Waals surface area contributed by atoms with E-state index in [9.17, 15) is 4.79 Å². The third kappa shape index (κ3) is 5.88. The highest BCUT2D eigenvalue weighted by Gasteiger charge is 2.15. The molecule has 0 spiro atoms. The molecule has 0 bridgehead atoms. The number of hydrogen-bond acceptors (Lipinski definition) is 2. The first-order chi connectivity index (χ1) is 9.00. The summed E-state index contributed by atoms with van der Waals surface area (Å²) in [6.45, 7) is 9.58. The fraction of sp³-hybridized carbons (Fsp3) is 0.562. The van der Waals surface area contributed by atoms with E-state index in [1.807, 2.05) is 19.9 Å². The largest absolute Gasteiger partial charge is 0.353 e. The molecule has 0 heterocycles. The summed E-state index contributed by atoms with van der Waals surface area (Å²) in [5.41, 5.74) is 1.33. The van der Waals surface area contributed by atoms with Crippen LogP contribution >= 0.6 is 0 Å². The molecule has 0 saturated heterocycles. The zero-order valence-corrected chi connectivity index (χ0v) is 12.4. The summed E-state index contributed by atoms with van der Waals surface area (Å²) < 4.78 is 0. The summed E-state index contributed by atoms with van der Waals surface area (Å²) in [6, 6.07) is 10.7. The van der Waals surface area contributed by atoms with Crippen molar-refractivity contribution in [3.8, 4) is 0 Å². The molecule has 1 rings (SSSR count). The van der Waals surface area contributed by atoms with Crippen LogP contribution in [0.1, 0.15) is 39.2 Å². The van der Waals surface area contributed by atoms with Crippen molar-refractivity contribution in [3.63, 3.8) is 0 Å². The molecule has 0 aliphatic rings. The van der Waals surface area contributed by atoms with Gasteiger partial charge in [-0.2, -0.15) is 0 Å². The van der Waals surface area contributed by atoms with Crippen molar-refractivity contribution in [3.05, 3.63) is 35.9 Å². The van der Waals surface area contributed by atoms with Crippen LogP contribution in [0.25, 0.3) is 0 Å². The Bertz CT molecular complexity index is 374. The molecule has 1 atom stereocenters. The smallest absolute Gasteiger partial charge is 0.234 e. The Labute approximate surface area is 116 Å². The Morgan fingerprint density at radius 2 is 1.74 bits per heavy atom. The van der Waals surface area contributed by atoms with Crippen LogP contribution < -0.4 is 10.6 Å². The molecule has 1 amide bonds. The second kappa shape index (κ2) is 7.95. The highest BCUT2D eigenvalue weighted by Crippen LogP contribution is 2.23. The van der Waals surface area contributed by atoms with E-state index in [0.717, 1.165) is 6.54 Å². The molecule has 3 heteroatoms. The van der Waals surface area contributed by atoms with Gasteiger partial charge in [0.1, 0.15) is 0 Å². The van der Waals surface area contributed by atoms with Gasteiger partial charge in [0.05, 0.1) is 6.54 Å². The van der Waals surface area contributed by atoms with Crippen LogP contribution in [-0.4, -0.2) is 25.0 Å². The highest BCUT2D eigenvalue weighted by atomic mass is 16.1. The number of carbonyl (C=O) groups is 1. The fourth-order valence-electron chi connectivity index (χ4n) is 2.15. The standard InChI is InChI=1S/C16H26N2O/c1-12(2)15(14-8-6-5-7-9-14)10-17-11-16(19)18-13(3)4/h5-9,12-13,15,17H,10-11H2,1-4H3,(H,18,19). The van der Waals surface area contributed by atoms with Crippen molar-refractivity contribution in [2.45, 2.75) is 39.7 Å². The van der Waals surface area contributed by atoms with E-state index < -0.39 is 0 Å². The molecule has 0 aliphatic carbocycles. The van der Waals surface area contributed by atoms with Gasteiger partial charge in [-0.05, 0) is 31.2 Å². The molecule has 1 unspecified atom stereocenters. The molecule has 1 aromatic rings. The topological polar surface area (TPSA) is 41.1 Å². The third-order valence-corrected chi connectivity index (χ3v) is 3.13. The van der Waals surface area contributed by atoms with E-state index >= 15 is 0 Å². The maximum absolute atomic E-state index is 11.6. The normalized spacial score (nSPS) is 12.7. The summed E-state index contributed by atoms with van der Waals surface area (Å²) in [5, 5.41) is 6.14. The van der Waals surface area contributed by atoms with Crippen LogP contribution in [0.15, 0.2) is 30.3 Å². The molecule has 19 heavy (non-hydrogen) atoms. The Balaban J connectivity index is 2.46. The number of rotatable bonds is 7.